The van der Waals surface area contributed by atoms with Crippen molar-refractivity contribution in [3.63, 3.8) is 0 Å². The van der Waals surface area contributed by atoms with Crippen molar-refractivity contribution < 1.29 is 28.8 Å². The summed E-state index contributed by atoms with van der Waals surface area (Å²) in [6.45, 7) is 6.80. The molecule has 0 radical (unpaired) electrons. The van der Waals surface area contributed by atoms with E-state index in [9.17, 15) is 4.79 Å². The lowest BCUT2D eigenvalue weighted by Gasteiger charge is -2.05. The van der Waals surface area contributed by atoms with Gasteiger partial charge in [0, 0.05) is 20.6 Å². The smallest absolute Gasteiger partial charge is 0.302 e. The zero-order valence-electron chi connectivity index (χ0n) is 12.4. The van der Waals surface area contributed by atoms with Crippen LogP contribution in [0.25, 0.3) is 0 Å². The van der Waals surface area contributed by atoms with Crippen LogP contribution >= 0.6 is 0 Å². The number of hydrogen-bond acceptors (Lipinski definition) is 6. The van der Waals surface area contributed by atoms with Gasteiger partial charge in [0.05, 0.1) is 33.0 Å². The fraction of sp³-hybridized carbons (Fsp3) is 0.923. The molecule has 0 spiro atoms. The summed E-state index contributed by atoms with van der Waals surface area (Å²) in [4.78, 5) is 10.3. The summed E-state index contributed by atoms with van der Waals surface area (Å²) in [6.07, 6.45) is 2.24. The minimum Gasteiger partial charge on any atom is -0.463 e. The molecule has 0 heterocycles. The van der Waals surface area contributed by atoms with Gasteiger partial charge in [0.1, 0.15) is 6.61 Å². The van der Waals surface area contributed by atoms with Crippen LogP contribution < -0.4 is 0 Å². The number of methoxy groups -OCH3 is 1. The van der Waals surface area contributed by atoms with Crippen LogP contribution in [0.15, 0.2) is 0 Å². The first-order valence-electron chi connectivity index (χ1n) is 6.57. The van der Waals surface area contributed by atoms with Gasteiger partial charge in [0.25, 0.3) is 0 Å². The molecule has 0 saturated carbocycles. The monoisotopic (exact) mass is 280 g/mol. The number of aliphatic hydroxyl groups is 1. The number of esters is 1. The van der Waals surface area contributed by atoms with Crippen LogP contribution in [0, 0.1) is 0 Å². The highest BCUT2D eigenvalue weighted by atomic mass is 16.6. The molecule has 0 atom stereocenters. The molecule has 0 aromatic heterocycles. The van der Waals surface area contributed by atoms with Crippen molar-refractivity contribution in [2.24, 2.45) is 0 Å². The van der Waals surface area contributed by atoms with E-state index in [4.69, 9.17) is 14.6 Å². The van der Waals surface area contributed by atoms with Gasteiger partial charge in [-0.25, -0.2) is 0 Å². The Morgan fingerprint density at radius 3 is 2.00 bits per heavy atom. The third-order valence-corrected chi connectivity index (χ3v) is 1.84. The fourth-order valence-corrected chi connectivity index (χ4v) is 0.904. The summed E-state index contributed by atoms with van der Waals surface area (Å²) < 4.78 is 19.6. The standard InChI is InChI=1S/C10H20O4.C3H8O2/c1-3-4-5-12-6-7-13-8-9-14-10(2)11;1-5-3-2-4/h3-9H2,1-2H3;4H,2-3H2,1H3. The SMILES string of the molecule is CCCCOCCOCCOC(C)=O.COCCO. The van der Waals surface area contributed by atoms with Crippen molar-refractivity contribution in [1.29, 1.82) is 0 Å². The van der Waals surface area contributed by atoms with Crippen LogP contribution in [0.2, 0.25) is 0 Å². The largest absolute Gasteiger partial charge is 0.463 e. The Balaban J connectivity index is 0. The van der Waals surface area contributed by atoms with Crippen LogP contribution in [0.4, 0.5) is 0 Å². The van der Waals surface area contributed by atoms with Crippen LogP contribution in [-0.2, 0) is 23.7 Å². The number of hydrogen-bond donors (Lipinski definition) is 1. The maximum atomic E-state index is 10.3. The second-order valence-electron chi connectivity index (χ2n) is 3.63. The molecule has 0 aliphatic carbocycles. The lowest BCUT2D eigenvalue weighted by molar-refractivity contribution is -0.142. The second kappa shape index (κ2) is 19.6. The summed E-state index contributed by atoms with van der Waals surface area (Å²) in [5.41, 5.74) is 0. The zero-order chi connectivity index (χ0) is 14.8. The third kappa shape index (κ3) is 26.8. The fourth-order valence-electron chi connectivity index (χ4n) is 0.904. The number of unbranched alkanes of at least 4 members (excludes halogenated alkanes) is 1. The normalized spacial score (nSPS) is 9.68. The highest BCUT2D eigenvalue weighted by Gasteiger charge is 1.93. The van der Waals surface area contributed by atoms with Gasteiger partial charge in [-0.3, -0.25) is 4.79 Å². The first kappa shape index (κ1) is 20.6. The number of rotatable bonds is 11. The highest BCUT2D eigenvalue weighted by Crippen LogP contribution is 1.87. The average Bonchev–Trinajstić information content (AvgIpc) is 2.38. The molecule has 116 valence electrons. The Labute approximate surface area is 116 Å². The molecule has 0 aliphatic heterocycles. The van der Waals surface area contributed by atoms with E-state index in [1.807, 2.05) is 0 Å². The van der Waals surface area contributed by atoms with E-state index >= 15 is 0 Å². The van der Waals surface area contributed by atoms with Crippen LogP contribution in [0.5, 0.6) is 0 Å². The van der Waals surface area contributed by atoms with Gasteiger partial charge in [0.15, 0.2) is 0 Å². The van der Waals surface area contributed by atoms with Gasteiger partial charge >= 0.3 is 5.97 Å². The lowest BCUT2D eigenvalue weighted by atomic mass is 10.4. The number of carbonyl (C=O) groups is 1. The molecule has 6 heteroatoms. The predicted molar refractivity (Wildman–Crippen MR) is 72.1 cm³/mol. The van der Waals surface area contributed by atoms with E-state index < -0.39 is 0 Å². The van der Waals surface area contributed by atoms with E-state index in [2.05, 4.69) is 16.4 Å². The van der Waals surface area contributed by atoms with E-state index in [0.717, 1.165) is 19.4 Å². The van der Waals surface area contributed by atoms with Crippen LogP contribution in [0.1, 0.15) is 26.7 Å². The molecule has 0 fully saturated rings. The van der Waals surface area contributed by atoms with Crippen molar-refractivity contribution in [3.8, 4) is 0 Å². The zero-order valence-corrected chi connectivity index (χ0v) is 12.4. The number of aliphatic hydroxyl groups excluding tert-OH is 1. The Kier molecular flexibility index (Phi) is 21.3. The van der Waals surface area contributed by atoms with Gasteiger partial charge in [0.2, 0.25) is 0 Å². The van der Waals surface area contributed by atoms with E-state index in [1.54, 1.807) is 7.11 Å². The van der Waals surface area contributed by atoms with Crippen LogP contribution in [0.3, 0.4) is 0 Å². The molecular formula is C13H28O6. The first-order chi connectivity index (χ1) is 9.18. The number of ether oxygens (including phenoxy) is 4. The topological polar surface area (TPSA) is 74.2 Å². The minimum atomic E-state index is -0.271. The molecule has 6 nitrogen and oxygen atoms in total. The molecule has 0 amide bonds. The summed E-state index contributed by atoms with van der Waals surface area (Å²) >= 11 is 0. The van der Waals surface area contributed by atoms with Crippen molar-refractivity contribution >= 4 is 5.97 Å². The quantitative estimate of drug-likeness (QED) is 0.450. The van der Waals surface area contributed by atoms with Crippen molar-refractivity contribution in [1.82, 2.24) is 0 Å². The summed E-state index contributed by atoms with van der Waals surface area (Å²) in [6, 6.07) is 0. The van der Waals surface area contributed by atoms with Gasteiger partial charge in [-0.1, -0.05) is 13.3 Å². The summed E-state index contributed by atoms with van der Waals surface area (Å²) in [7, 11) is 1.55. The molecule has 0 rings (SSSR count). The molecule has 1 N–H and O–H groups in total. The Bertz CT molecular complexity index is 173. The average molecular weight is 280 g/mol. The molecule has 19 heavy (non-hydrogen) atoms. The minimum absolute atomic E-state index is 0.122. The van der Waals surface area contributed by atoms with E-state index in [1.165, 1.54) is 6.92 Å². The van der Waals surface area contributed by atoms with E-state index in [-0.39, 0.29) is 12.6 Å². The third-order valence-electron chi connectivity index (χ3n) is 1.84. The maximum Gasteiger partial charge on any atom is 0.302 e. The molecule has 0 saturated heterocycles. The predicted octanol–water partition coefficient (Wildman–Crippen LogP) is 1.01. The first-order valence-corrected chi connectivity index (χ1v) is 6.57. The van der Waals surface area contributed by atoms with Crippen molar-refractivity contribution in [2.45, 2.75) is 26.7 Å². The molecule has 0 aromatic carbocycles. The highest BCUT2D eigenvalue weighted by molar-refractivity contribution is 5.65. The molecular weight excluding hydrogens is 252 g/mol. The Hall–Kier alpha value is -0.690. The van der Waals surface area contributed by atoms with Gasteiger partial charge in [-0.05, 0) is 6.42 Å². The van der Waals surface area contributed by atoms with Crippen LogP contribution in [-0.4, -0.2) is 64.4 Å². The summed E-state index contributed by atoms with van der Waals surface area (Å²) in [5.74, 6) is -0.271. The summed E-state index contributed by atoms with van der Waals surface area (Å²) in [5, 5.41) is 7.94. The van der Waals surface area contributed by atoms with Crippen molar-refractivity contribution in [2.75, 3.05) is 53.4 Å². The Morgan fingerprint density at radius 2 is 1.58 bits per heavy atom. The van der Waals surface area contributed by atoms with Crippen molar-refractivity contribution in [3.05, 3.63) is 0 Å². The number of carbonyl (C=O) groups excluding carboxylic acids is 1. The van der Waals surface area contributed by atoms with E-state index in [0.29, 0.717) is 33.0 Å². The molecule has 0 unspecified atom stereocenters. The second-order valence-corrected chi connectivity index (χ2v) is 3.63. The molecule has 0 aliphatic rings. The van der Waals surface area contributed by atoms with Gasteiger partial charge in [-0.15, -0.1) is 0 Å². The molecule has 0 aromatic rings. The van der Waals surface area contributed by atoms with Gasteiger partial charge in [-0.2, -0.15) is 0 Å². The van der Waals surface area contributed by atoms with Gasteiger partial charge < -0.3 is 24.1 Å². The maximum absolute atomic E-state index is 10.3. The molecule has 0 bridgehead atoms. The Morgan fingerprint density at radius 1 is 1.00 bits per heavy atom. The lowest BCUT2D eigenvalue weighted by Crippen LogP contribution is -2.11.